The lowest BCUT2D eigenvalue weighted by Gasteiger charge is -2.30. The number of pyridine rings is 1. The van der Waals surface area contributed by atoms with Gasteiger partial charge in [-0.3, -0.25) is 9.78 Å². The molecule has 4 nitrogen and oxygen atoms in total. The molecule has 0 aromatic carbocycles. The number of carbonyl (C=O) groups is 1. The van der Waals surface area contributed by atoms with Gasteiger partial charge in [0.25, 0.3) is 5.91 Å². The number of rotatable bonds is 4. The van der Waals surface area contributed by atoms with Crippen LogP contribution in [0.25, 0.3) is 0 Å². The highest BCUT2D eigenvalue weighted by molar-refractivity contribution is 5.94. The summed E-state index contributed by atoms with van der Waals surface area (Å²) in [5.74, 6) is 0.109. The molecule has 4 heteroatoms. The van der Waals surface area contributed by atoms with E-state index in [0.717, 1.165) is 31.5 Å². The summed E-state index contributed by atoms with van der Waals surface area (Å²) in [6.45, 7) is 3.88. The summed E-state index contributed by atoms with van der Waals surface area (Å²) in [6, 6.07) is 4.74. The molecule has 1 amide bonds. The van der Waals surface area contributed by atoms with Crippen molar-refractivity contribution in [3.63, 3.8) is 0 Å². The molecule has 2 aliphatic rings. The van der Waals surface area contributed by atoms with E-state index in [2.05, 4.69) is 15.2 Å². The maximum atomic E-state index is 12.8. The van der Waals surface area contributed by atoms with E-state index < -0.39 is 0 Å². The molecule has 108 valence electrons. The number of nitrogens with zero attached hydrogens (tertiary/aromatic N) is 2. The lowest BCUT2D eigenvalue weighted by atomic mass is 10.0. The normalized spacial score (nSPS) is 22.6. The maximum absolute atomic E-state index is 12.8. The van der Waals surface area contributed by atoms with Crippen molar-refractivity contribution in [1.82, 2.24) is 15.2 Å². The van der Waals surface area contributed by atoms with Crippen molar-refractivity contribution in [3.8, 4) is 0 Å². The average molecular weight is 273 g/mol. The number of nitrogens with one attached hydrogen (secondary N) is 1. The number of hydrogen-bond acceptors (Lipinski definition) is 3. The predicted octanol–water partition coefficient (Wildman–Crippen LogP) is 2.14. The molecule has 1 aromatic rings. The Morgan fingerprint density at radius 1 is 1.40 bits per heavy atom. The molecule has 1 saturated carbocycles. The Kier molecular flexibility index (Phi) is 4.01. The van der Waals surface area contributed by atoms with Gasteiger partial charge in [0, 0.05) is 24.8 Å². The fourth-order valence-electron chi connectivity index (χ4n) is 2.95. The van der Waals surface area contributed by atoms with Crippen molar-refractivity contribution < 1.29 is 4.79 Å². The van der Waals surface area contributed by atoms with E-state index in [1.165, 1.54) is 19.3 Å². The van der Waals surface area contributed by atoms with Crippen molar-refractivity contribution in [1.29, 1.82) is 0 Å². The van der Waals surface area contributed by atoms with Gasteiger partial charge in [0.1, 0.15) is 5.69 Å². The van der Waals surface area contributed by atoms with Gasteiger partial charge in [-0.2, -0.15) is 0 Å². The first-order valence-electron chi connectivity index (χ1n) is 7.71. The second-order valence-corrected chi connectivity index (χ2v) is 6.00. The van der Waals surface area contributed by atoms with Gasteiger partial charge in [0.2, 0.25) is 0 Å². The zero-order valence-corrected chi connectivity index (χ0v) is 12.1. The molecule has 1 aliphatic carbocycles. The van der Waals surface area contributed by atoms with E-state index in [1.54, 1.807) is 6.20 Å². The van der Waals surface area contributed by atoms with Gasteiger partial charge in [-0.05, 0) is 50.8 Å². The van der Waals surface area contributed by atoms with Crippen LogP contribution in [0, 0.1) is 6.92 Å². The van der Waals surface area contributed by atoms with Crippen LogP contribution < -0.4 is 5.32 Å². The predicted molar refractivity (Wildman–Crippen MR) is 78.7 cm³/mol. The topological polar surface area (TPSA) is 45.2 Å². The van der Waals surface area contributed by atoms with Crippen molar-refractivity contribution in [2.45, 2.75) is 51.1 Å². The lowest BCUT2D eigenvalue weighted by Crippen LogP contribution is -2.47. The third kappa shape index (κ3) is 3.01. The van der Waals surface area contributed by atoms with Gasteiger partial charge in [-0.1, -0.05) is 12.5 Å². The highest BCUT2D eigenvalue weighted by Gasteiger charge is 2.35. The van der Waals surface area contributed by atoms with Gasteiger partial charge >= 0.3 is 0 Å². The summed E-state index contributed by atoms with van der Waals surface area (Å²) in [6.07, 6.45) is 7.71. The van der Waals surface area contributed by atoms with E-state index in [-0.39, 0.29) is 5.91 Å². The van der Waals surface area contributed by atoms with E-state index in [9.17, 15) is 4.79 Å². The second kappa shape index (κ2) is 5.92. The van der Waals surface area contributed by atoms with Gasteiger partial charge in [0.15, 0.2) is 0 Å². The van der Waals surface area contributed by atoms with Crippen LogP contribution in [0.3, 0.4) is 0 Å². The number of amides is 1. The fourth-order valence-corrected chi connectivity index (χ4v) is 2.95. The molecule has 1 aromatic heterocycles. The average Bonchev–Trinajstić information content (AvgIpc) is 3.30. The summed E-state index contributed by atoms with van der Waals surface area (Å²) < 4.78 is 0. The van der Waals surface area contributed by atoms with Gasteiger partial charge in [-0.15, -0.1) is 0 Å². The zero-order valence-electron chi connectivity index (χ0n) is 12.1. The van der Waals surface area contributed by atoms with Crippen LogP contribution in [-0.4, -0.2) is 41.0 Å². The SMILES string of the molecule is Cc1cccnc1C(=O)N(CC1CCCCN1)C1CC1. The minimum Gasteiger partial charge on any atom is -0.333 e. The summed E-state index contributed by atoms with van der Waals surface area (Å²) in [4.78, 5) is 19.1. The summed E-state index contributed by atoms with van der Waals surface area (Å²) in [5, 5.41) is 3.54. The second-order valence-electron chi connectivity index (χ2n) is 6.00. The molecular formula is C16H23N3O. The Balaban J connectivity index is 1.73. The first-order valence-corrected chi connectivity index (χ1v) is 7.71. The summed E-state index contributed by atoms with van der Waals surface area (Å²) >= 11 is 0. The van der Waals surface area contributed by atoms with Crippen molar-refractivity contribution in [2.75, 3.05) is 13.1 Å². The number of aryl methyl sites for hydroxylation is 1. The van der Waals surface area contributed by atoms with Crippen molar-refractivity contribution in [3.05, 3.63) is 29.6 Å². The molecule has 1 atom stereocenters. The van der Waals surface area contributed by atoms with E-state index in [1.807, 2.05) is 19.1 Å². The molecule has 3 rings (SSSR count). The Labute approximate surface area is 120 Å². The number of piperidine rings is 1. The summed E-state index contributed by atoms with van der Waals surface area (Å²) in [5.41, 5.74) is 1.59. The van der Waals surface area contributed by atoms with Crippen LogP contribution >= 0.6 is 0 Å². The first-order chi connectivity index (χ1) is 9.75. The molecule has 1 N–H and O–H groups in total. The van der Waals surface area contributed by atoms with E-state index >= 15 is 0 Å². The molecule has 2 fully saturated rings. The summed E-state index contributed by atoms with van der Waals surface area (Å²) in [7, 11) is 0. The minimum absolute atomic E-state index is 0.109. The quantitative estimate of drug-likeness (QED) is 0.914. The zero-order chi connectivity index (χ0) is 13.9. The fraction of sp³-hybridized carbons (Fsp3) is 0.625. The monoisotopic (exact) mass is 273 g/mol. The van der Waals surface area contributed by atoms with Crippen molar-refractivity contribution >= 4 is 5.91 Å². The minimum atomic E-state index is 0.109. The number of carbonyl (C=O) groups excluding carboxylic acids is 1. The van der Waals surface area contributed by atoms with Crippen LogP contribution in [0.15, 0.2) is 18.3 Å². The molecule has 2 heterocycles. The molecular weight excluding hydrogens is 250 g/mol. The van der Waals surface area contributed by atoms with Crippen LogP contribution in [0.1, 0.15) is 48.2 Å². The van der Waals surface area contributed by atoms with E-state index in [0.29, 0.717) is 17.8 Å². The molecule has 1 saturated heterocycles. The lowest BCUT2D eigenvalue weighted by molar-refractivity contribution is 0.0711. The third-order valence-electron chi connectivity index (χ3n) is 4.29. The van der Waals surface area contributed by atoms with Gasteiger partial charge in [0.05, 0.1) is 0 Å². The number of hydrogen-bond donors (Lipinski definition) is 1. The van der Waals surface area contributed by atoms with Crippen LogP contribution in [-0.2, 0) is 0 Å². The van der Waals surface area contributed by atoms with Gasteiger partial charge in [-0.25, -0.2) is 0 Å². The number of aromatic nitrogens is 1. The molecule has 0 radical (unpaired) electrons. The first kappa shape index (κ1) is 13.6. The Bertz CT molecular complexity index is 478. The molecule has 1 unspecified atom stereocenters. The third-order valence-corrected chi connectivity index (χ3v) is 4.29. The van der Waals surface area contributed by atoms with Crippen molar-refractivity contribution in [2.24, 2.45) is 0 Å². The molecule has 1 aliphatic heterocycles. The molecule has 0 spiro atoms. The Hall–Kier alpha value is -1.42. The Morgan fingerprint density at radius 3 is 2.90 bits per heavy atom. The van der Waals surface area contributed by atoms with E-state index in [4.69, 9.17) is 0 Å². The maximum Gasteiger partial charge on any atom is 0.273 e. The molecule has 0 bridgehead atoms. The smallest absolute Gasteiger partial charge is 0.273 e. The van der Waals surface area contributed by atoms with Crippen LogP contribution in [0.4, 0.5) is 0 Å². The highest BCUT2D eigenvalue weighted by atomic mass is 16.2. The highest BCUT2D eigenvalue weighted by Crippen LogP contribution is 2.29. The van der Waals surface area contributed by atoms with Crippen LogP contribution in [0.5, 0.6) is 0 Å². The largest absolute Gasteiger partial charge is 0.333 e. The standard InChI is InChI=1S/C16H23N3O/c1-12-5-4-10-18-15(12)16(20)19(14-7-8-14)11-13-6-2-3-9-17-13/h4-5,10,13-14,17H,2-3,6-9,11H2,1H3. The molecule has 20 heavy (non-hydrogen) atoms. The van der Waals surface area contributed by atoms with Crippen LogP contribution in [0.2, 0.25) is 0 Å². The van der Waals surface area contributed by atoms with Gasteiger partial charge < -0.3 is 10.2 Å². The Morgan fingerprint density at radius 2 is 2.25 bits per heavy atom.